The highest BCUT2D eigenvalue weighted by atomic mass is 15.2. The molecule has 5 nitrogen and oxygen atoms in total. The molecule has 1 fully saturated rings. The topological polar surface area (TPSA) is 52.6 Å². The number of hydrogen-bond donors (Lipinski definition) is 2. The highest BCUT2D eigenvalue weighted by Crippen LogP contribution is 2.25. The molecule has 0 atom stereocenters. The van der Waals surface area contributed by atoms with Gasteiger partial charge in [0.05, 0.1) is 12.2 Å². The number of nitrogens with zero attached hydrogens (tertiary/aromatic N) is 3. The molecule has 0 unspecified atom stereocenters. The first-order valence-electron chi connectivity index (χ1n) is 7.99. The molecule has 1 aliphatic rings. The van der Waals surface area contributed by atoms with E-state index < -0.39 is 0 Å². The first-order valence-corrected chi connectivity index (χ1v) is 7.99. The van der Waals surface area contributed by atoms with Crippen LogP contribution in [-0.4, -0.2) is 48.1 Å². The van der Waals surface area contributed by atoms with E-state index in [0.717, 1.165) is 43.9 Å². The predicted molar refractivity (Wildman–Crippen MR) is 87.3 cm³/mol. The first-order chi connectivity index (χ1) is 10.3. The second kappa shape index (κ2) is 8.62. The molecule has 0 radical (unpaired) electrons. The van der Waals surface area contributed by atoms with Crippen LogP contribution in [0, 0.1) is 0 Å². The number of likely N-dealkylation sites (N-methyl/N-ethyl adjacent to an activating group) is 1. The van der Waals surface area contributed by atoms with Crippen LogP contribution in [0.4, 0.5) is 0 Å². The zero-order valence-corrected chi connectivity index (χ0v) is 13.2. The molecule has 21 heavy (non-hydrogen) atoms. The summed E-state index contributed by atoms with van der Waals surface area (Å²) in [5.74, 6) is 0.870. The average molecular weight is 289 g/mol. The Morgan fingerprint density at radius 1 is 1.33 bits per heavy atom. The van der Waals surface area contributed by atoms with Crippen LogP contribution in [0.5, 0.6) is 0 Å². The smallest absolute Gasteiger partial charge is 0.191 e. The number of pyridine rings is 1. The summed E-state index contributed by atoms with van der Waals surface area (Å²) in [6, 6.07) is 6.74. The number of nitrogens with one attached hydrogen (secondary N) is 2. The van der Waals surface area contributed by atoms with Gasteiger partial charge < -0.3 is 10.6 Å². The van der Waals surface area contributed by atoms with E-state index in [4.69, 9.17) is 0 Å². The normalized spacial score (nSPS) is 15.3. The van der Waals surface area contributed by atoms with Gasteiger partial charge in [0.1, 0.15) is 0 Å². The average Bonchev–Trinajstić information content (AvgIpc) is 3.35. The second-order valence-electron chi connectivity index (χ2n) is 5.30. The fourth-order valence-electron chi connectivity index (χ4n) is 2.35. The molecule has 2 N–H and O–H groups in total. The van der Waals surface area contributed by atoms with E-state index in [1.165, 1.54) is 12.8 Å². The molecule has 5 heteroatoms. The Kier molecular flexibility index (Phi) is 6.47. The fraction of sp³-hybridized carbons (Fsp3) is 0.625. The number of hydrogen-bond acceptors (Lipinski definition) is 3. The number of rotatable bonds is 8. The Morgan fingerprint density at radius 2 is 2.19 bits per heavy atom. The van der Waals surface area contributed by atoms with E-state index in [2.05, 4.69) is 39.4 Å². The van der Waals surface area contributed by atoms with E-state index in [1.54, 1.807) is 6.20 Å². The third kappa shape index (κ3) is 5.71. The van der Waals surface area contributed by atoms with Gasteiger partial charge in [0.2, 0.25) is 0 Å². The van der Waals surface area contributed by atoms with E-state index in [1.807, 2.05) is 18.2 Å². The van der Waals surface area contributed by atoms with Crippen molar-refractivity contribution in [3.63, 3.8) is 0 Å². The molecule has 0 aliphatic heterocycles. The van der Waals surface area contributed by atoms with Crippen molar-refractivity contribution >= 4 is 5.96 Å². The molecule has 1 heterocycles. The molecule has 1 aromatic heterocycles. The Labute approximate surface area is 127 Å². The van der Waals surface area contributed by atoms with Crippen LogP contribution in [-0.2, 0) is 6.54 Å². The lowest BCUT2D eigenvalue weighted by Crippen LogP contribution is -2.42. The summed E-state index contributed by atoms with van der Waals surface area (Å²) in [6.07, 6.45) is 4.53. The van der Waals surface area contributed by atoms with Crippen LogP contribution in [0.25, 0.3) is 0 Å². The third-order valence-corrected chi connectivity index (χ3v) is 3.63. The van der Waals surface area contributed by atoms with Gasteiger partial charge in [-0.3, -0.25) is 9.88 Å². The molecule has 0 saturated heterocycles. The van der Waals surface area contributed by atoms with Crippen molar-refractivity contribution in [1.29, 1.82) is 0 Å². The standard InChI is InChI=1S/C16H27N5/c1-3-17-16(20-13-14-7-5-6-10-18-14)19-11-12-21(4-2)15-8-9-15/h5-7,10,15H,3-4,8-9,11-13H2,1-2H3,(H2,17,19,20). The third-order valence-electron chi connectivity index (χ3n) is 3.63. The van der Waals surface area contributed by atoms with Crippen molar-refractivity contribution in [3.05, 3.63) is 30.1 Å². The predicted octanol–water partition coefficient (Wildman–Crippen LogP) is 1.62. The van der Waals surface area contributed by atoms with Gasteiger partial charge in [0.15, 0.2) is 5.96 Å². The van der Waals surface area contributed by atoms with Crippen LogP contribution >= 0.6 is 0 Å². The van der Waals surface area contributed by atoms with Crippen LogP contribution in [0.2, 0.25) is 0 Å². The van der Waals surface area contributed by atoms with Gasteiger partial charge in [-0.2, -0.15) is 0 Å². The monoisotopic (exact) mass is 289 g/mol. The maximum atomic E-state index is 4.58. The minimum absolute atomic E-state index is 0.607. The largest absolute Gasteiger partial charge is 0.357 e. The fourth-order valence-corrected chi connectivity index (χ4v) is 2.35. The van der Waals surface area contributed by atoms with Crippen LogP contribution in [0.15, 0.2) is 29.4 Å². The molecule has 0 bridgehead atoms. The van der Waals surface area contributed by atoms with Gasteiger partial charge in [0, 0.05) is 31.9 Å². The summed E-state index contributed by atoms with van der Waals surface area (Å²) in [5.41, 5.74) is 0.989. The van der Waals surface area contributed by atoms with Gasteiger partial charge in [-0.1, -0.05) is 13.0 Å². The molecule has 1 aromatic rings. The lowest BCUT2D eigenvalue weighted by atomic mass is 10.3. The van der Waals surface area contributed by atoms with Crippen molar-refractivity contribution in [3.8, 4) is 0 Å². The van der Waals surface area contributed by atoms with Gasteiger partial charge in [-0.05, 0) is 38.4 Å². The zero-order valence-electron chi connectivity index (χ0n) is 13.2. The van der Waals surface area contributed by atoms with Crippen LogP contribution in [0.1, 0.15) is 32.4 Å². The van der Waals surface area contributed by atoms with Crippen molar-refractivity contribution < 1.29 is 0 Å². The Bertz CT molecular complexity index is 428. The molecule has 0 aromatic carbocycles. The Hall–Kier alpha value is -1.62. The molecule has 2 rings (SSSR count). The first kappa shape index (κ1) is 15.8. The zero-order chi connectivity index (χ0) is 14.9. The molecule has 1 aliphatic carbocycles. The maximum Gasteiger partial charge on any atom is 0.191 e. The quantitative estimate of drug-likeness (QED) is 0.564. The minimum Gasteiger partial charge on any atom is -0.357 e. The molecular weight excluding hydrogens is 262 g/mol. The lowest BCUT2D eigenvalue weighted by molar-refractivity contribution is 0.282. The van der Waals surface area contributed by atoms with E-state index in [-0.39, 0.29) is 0 Å². The van der Waals surface area contributed by atoms with Crippen molar-refractivity contribution in [2.45, 2.75) is 39.3 Å². The summed E-state index contributed by atoms with van der Waals surface area (Å²) >= 11 is 0. The Morgan fingerprint density at radius 3 is 2.81 bits per heavy atom. The van der Waals surface area contributed by atoms with E-state index >= 15 is 0 Å². The summed E-state index contributed by atoms with van der Waals surface area (Å²) in [6.45, 7) is 8.94. The number of guanidine groups is 1. The van der Waals surface area contributed by atoms with E-state index in [9.17, 15) is 0 Å². The number of aliphatic imine (C=N–C) groups is 1. The van der Waals surface area contributed by atoms with Gasteiger partial charge in [-0.15, -0.1) is 0 Å². The highest BCUT2D eigenvalue weighted by Gasteiger charge is 2.27. The van der Waals surface area contributed by atoms with Gasteiger partial charge in [0.25, 0.3) is 0 Å². The maximum absolute atomic E-state index is 4.58. The molecule has 1 saturated carbocycles. The summed E-state index contributed by atoms with van der Waals surface area (Å²) < 4.78 is 0. The molecular formula is C16H27N5. The van der Waals surface area contributed by atoms with Gasteiger partial charge in [-0.25, -0.2) is 4.99 Å². The number of aromatic nitrogens is 1. The van der Waals surface area contributed by atoms with Crippen molar-refractivity contribution in [1.82, 2.24) is 20.5 Å². The van der Waals surface area contributed by atoms with Crippen molar-refractivity contribution in [2.75, 3.05) is 26.2 Å². The van der Waals surface area contributed by atoms with Crippen LogP contribution < -0.4 is 10.6 Å². The SMILES string of the molecule is CCNC(=NCc1ccccn1)NCCN(CC)C1CC1. The lowest BCUT2D eigenvalue weighted by Gasteiger charge is -2.20. The second-order valence-corrected chi connectivity index (χ2v) is 5.30. The summed E-state index contributed by atoms with van der Waals surface area (Å²) in [5, 5.41) is 6.69. The van der Waals surface area contributed by atoms with Crippen molar-refractivity contribution in [2.24, 2.45) is 4.99 Å². The molecule has 116 valence electrons. The molecule has 0 amide bonds. The minimum atomic E-state index is 0.607. The van der Waals surface area contributed by atoms with Gasteiger partial charge >= 0.3 is 0 Å². The van der Waals surface area contributed by atoms with Crippen LogP contribution in [0.3, 0.4) is 0 Å². The highest BCUT2D eigenvalue weighted by molar-refractivity contribution is 5.79. The summed E-state index contributed by atoms with van der Waals surface area (Å²) in [4.78, 5) is 11.4. The Balaban J connectivity index is 1.77. The summed E-state index contributed by atoms with van der Waals surface area (Å²) in [7, 11) is 0. The molecule has 0 spiro atoms. The van der Waals surface area contributed by atoms with E-state index in [0.29, 0.717) is 6.54 Å².